The van der Waals surface area contributed by atoms with Gasteiger partial charge in [0, 0.05) is 5.56 Å². The maximum absolute atomic E-state index is 12.5. The van der Waals surface area contributed by atoms with Gasteiger partial charge in [0.05, 0.1) is 5.02 Å². The predicted octanol–water partition coefficient (Wildman–Crippen LogP) is 1.53. The normalized spacial score (nSPS) is 10.2. The molecule has 0 heterocycles. The van der Waals surface area contributed by atoms with Crippen LogP contribution in [0, 0.1) is 17.1 Å². The molecule has 1 N–H and O–H groups in total. The van der Waals surface area contributed by atoms with Gasteiger partial charge in [-0.05, 0) is 18.2 Å². The van der Waals surface area contributed by atoms with Gasteiger partial charge in [0.1, 0.15) is 11.9 Å². The van der Waals surface area contributed by atoms with E-state index >= 15 is 0 Å². The third-order valence-corrected chi connectivity index (χ3v) is 1.70. The van der Waals surface area contributed by atoms with Crippen LogP contribution in [0.3, 0.4) is 0 Å². The van der Waals surface area contributed by atoms with Gasteiger partial charge in [-0.2, -0.15) is 5.26 Å². The molecule has 0 fully saturated rings. The Labute approximate surface area is 107 Å². The third-order valence-electron chi connectivity index (χ3n) is 1.39. The van der Waals surface area contributed by atoms with E-state index in [1.165, 1.54) is 6.07 Å². The van der Waals surface area contributed by atoms with Crippen molar-refractivity contribution in [1.82, 2.24) is 0 Å². The number of hydrogen-bond acceptors (Lipinski definition) is 3. The number of hydrogen-bond donors (Lipinski definition) is 1. The van der Waals surface area contributed by atoms with Crippen LogP contribution >= 0.6 is 11.6 Å². The van der Waals surface area contributed by atoms with E-state index in [0.29, 0.717) is 0 Å². The van der Waals surface area contributed by atoms with Gasteiger partial charge in [0.25, 0.3) is 0 Å². The molecular formula is C8H5ClFN2NaO. The molecule has 0 aliphatic carbocycles. The molecule has 14 heavy (non-hydrogen) atoms. The van der Waals surface area contributed by atoms with E-state index in [0.717, 1.165) is 12.1 Å². The van der Waals surface area contributed by atoms with E-state index in [1.807, 2.05) is 0 Å². The van der Waals surface area contributed by atoms with Gasteiger partial charge in [0.2, 0.25) is 0 Å². The average molecular weight is 223 g/mol. The van der Waals surface area contributed by atoms with Crippen molar-refractivity contribution in [2.75, 3.05) is 0 Å². The molecule has 0 bridgehead atoms. The first-order valence-electron chi connectivity index (χ1n) is 3.26. The summed E-state index contributed by atoms with van der Waals surface area (Å²) in [6.07, 6.45) is 0. The molecule has 0 aliphatic rings. The van der Waals surface area contributed by atoms with E-state index in [2.05, 4.69) is 5.16 Å². The second-order valence-electron chi connectivity index (χ2n) is 2.18. The SMILES string of the molecule is N#CC(=NO)c1ccc(F)cc1Cl.[NaH]. The standard InChI is InChI=1S/C8H4ClFN2O.Na.H/c9-7-3-5(10)1-2-6(7)8(4-11)12-13;;/h1-3,13H;;. The van der Waals surface area contributed by atoms with Crippen molar-refractivity contribution in [3.8, 4) is 6.07 Å². The van der Waals surface area contributed by atoms with Gasteiger partial charge in [0.15, 0.2) is 5.71 Å². The summed E-state index contributed by atoms with van der Waals surface area (Å²) >= 11 is 5.60. The van der Waals surface area contributed by atoms with E-state index in [4.69, 9.17) is 22.1 Å². The van der Waals surface area contributed by atoms with Gasteiger partial charge >= 0.3 is 29.6 Å². The third kappa shape index (κ3) is 2.96. The molecule has 6 heteroatoms. The summed E-state index contributed by atoms with van der Waals surface area (Å²) in [5.74, 6) is -0.510. The summed E-state index contributed by atoms with van der Waals surface area (Å²) in [5.41, 5.74) is -0.0435. The Bertz CT molecular complexity index is 403. The fraction of sp³-hybridized carbons (Fsp3) is 0. The number of nitriles is 1. The molecule has 0 unspecified atom stereocenters. The van der Waals surface area contributed by atoms with Crippen molar-refractivity contribution >= 4 is 46.9 Å². The molecule has 0 saturated carbocycles. The average Bonchev–Trinajstić information content (AvgIpc) is 2.10. The summed E-state index contributed by atoms with van der Waals surface area (Å²) in [6, 6.07) is 5.06. The van der Waals surface area contributed by atoms with Crippen molar-refractivity contribution in [3.05, 3.63) is 34.6 Å². The quantitative estimate of drug-likeness (QED) is 0.339. The van der Waals surface area contributed by atoms with Crippen LogP contribution in [0.15, 0.2) is 23.4 Å². The molecule has 0 spiro atoms. The number of halogens is 2. The molecule has 68 valence electrons. The van der Waals surface area contributed by atoms with Crippen molar-refractivity contribution in [1.29, 1.82) is 5.26 Å². The van der Waals surface area contributed by atoms with Crippen LogP contribution in [0.5, 0.6) is 0 Å². The van der Waals surface area contributed by atoms with Gasteiger partial charge in [-0.25, -0.2) is 4.39 Å². The minimum absolute atomic E-state index is 0. The molecule has 3 nitrogen and oxygen atoms in total. The van der Waals surface area contributed by atoms with Crippen molar-refractivity contribution in [2.24, 2.45) is 5.16 Å². The fourth-order valence-corrected chi connectivity index (χ4v) is 1.07. The Hall–Kier alpha value is -0.600. The zero-order valence-electron chi connectivity index (χ0n) is 6.33. The van der Waals surface area contributed by atoms with E-state index < -0.39 is 5.82 Å². The topological polar surface area (TPSA) is 56.4 Å². The molecule has 0 amide bonds. The van der Waals surface area contributed by atoms with E-state index in [-0.39, 0.29) is 45.9 Å². The van der Waals surface area contributed by atoms with Crippen molar-refractivity contribution < 1.29 is 9.60 Å². The van der Waals surface area contributed by atoms with Crippen LogP contribution in [0.2, 0.25) is 5.02 Å². The molecule has 0 saturated heterocycles. The van der Waals surface area contributed by atoms with Crippen LogP contribution in [-0.4, -0.2) is 40.5 Å². The van der Waals surface area contributed by atoms with E-state index in [9.17, 15) is 4.39 Å². The first-order valence-corrected chi connectivity index (χ1v) is 3.64. The zero-order valence-corrected chi connectivity index (χ0v) is 7.09. The summed E-state index contributed by atoms with van der Waals surface area (Å²) < 4.78 is 12.5. The second kappa shape index (κ2) is 5.99. The minimum atomic E-state index is -0.510. The summed E-state index contributed by atoms with van der Waals surface area (Å²) in [7, 11) is 0. The van der Waals surface area contributed by atoms with Crippen LogP contribution in [0.25, 0.3) is 0 Å². The van der Waals surface area contributed by atoms with Crippen LogP contribution in [0.1, 0.15) is 5.56 Å². The summed E-state index contributed by atoms with van der Waals surface area (Å²) in [4.78, 5) is 0. The molecular weight excluding hydrogens is 218 g/mol. The first kappa shape index (κ1) is 13.4. The van der Waals surface area contributed by atoms with Crippen LogP contribution < -0.4 is 0 Å². The molecule has 1 aromatic carbocycles. The number of rotatable bonds is 1. The Kier molecular flexibility index (Phi) is 5.73. The van der Waals surface area contributed by atoms with Crippen molar-refractivity contribution in [2.45, 2.75) is 0 Å². The number of nitrogens with zero attached hydrogens (tertiary/aromatic N) is 2. The van der Waals surface area contributed by atoms with Crippen LogP contribution in [0.4, 0.5) is 4.39 Å². The molecule has 1 rings (SSSR count). The number of oxime groups is 1. The predicted molar refractivity (Wildman–Crippen MR) is 52.5 cm³/mol. The summed E-state index contributed by atoms with van der Waals surface area (Å²) in [6.45, 7) is 0. The first-order chi connectivity index (χ1) is 6.19. The van der Waals surface area contributed by atoms with Gasteiger partial charge in [-0.15, -0.1) is 0 Å². The molecule has 0 atom stereocenters. The zero-order chi connectivity index (χ0) is 9.84. The Balaban J connectivity index is 0.00000169. The van der Waals surface area contributed by atoms with E-state index in [1.54, 1.807) is 6.07 Å². The second-order valence-corrected chi connectivity index (χ2v) is 2.59. The number of benzene rings is 1. The van der Waals surface area contributed by atoms with Gasteiger partial charge < -0.3 is 5.21 Å². The van der Waals surface area contributed by atoms with Crippen LogP contribution in [-0.2, 0) is 0 Å². The van der Waals surface area contributed by atoms with Gasteiger partial charge in [-0.1, -0.05) is 16.8 Å². The molecule has 1 aromatic rings. The fourth-order valence-electron chi connectivity index (χ4n) is 0.818. The van der Waals surface area contributed by atoms with Crippen molar-refractivity contribution in [3.63, 3.8) is 0 Å². The summed E-state index contributed by atoms with van der Waals surface area (Å²) in [5, 5.41) is 19.6. The Morgan fingerprint density at radius 3 is 2.64 bits per heavy atom. The molecule has 0 radical (unpaired) electrons. The monoisotopic (exact) mass is 222 g/mol. The Morgan fingerprint density at radius 2 is 2.21 bits per heavy atom. The molecule has 0 aromatic heterocycles. The van der Waals surface area contributed by atoms with Gasteiger partial charge in [-0.3, -0.25) is 0 Å². The Morgan fingerprint density at radius 1 is 1.57 bits per heavy atom. The maximum atomic E-state index is 12.5. The molecule has 0 aliphatic heterocycles.